The van der Waals surface area contributed by atoms with Crippen molar-refractivity contribution < 1.29 is 9.59 Å². The number of carbonyl (C=O) groups excluding carboxylic acids is 2. The molecule has 1 N–H and O–H groups in total. The highest BCUT2D eigenvalue weighted by Gasteiger charge is 2.29. The fourth-order valence-electron chi connectivity index (χ4n) is 4.14. The molecule has 1 saturated heterocycles. The van der Waals surface area contributed by atoms with E-state index in [1.165, 1.54) is 0 Å². The van der Waals surface area contributed by atoms with Gasteiger partial charge in [-0.3, -0.25) is 23.7 Å². The number of aromatic nitrogens is 3. The molecule has 1 atom stereocenters. The maximum atomic E-state index is 12.8. The Balaban J connectivity index is 1.36. The lowest BCUT2D eigenvalue weighted by atomic mass is 9.96. The largest absolute Gasteiger partial charge is 0.352 e. The number of benzene rings is 1. The van der Waals surface area contributed by atoms with E-state index in [4.69, 9.17) is 0 Å². The van der Waals surface area contributed by atoms with Gasteiger partial charge in [-0.05, 0) is 36.2 Å². The summed E-state index contributed by atoms with van der Waals surface area (Å²) in [6.45, 7) is 1.39. The van der Waals surface area contributed by atoms with Gasteiger partial charge in [0, 0.05) is 58.5 Å². The number of nitrogens with one attached hydrogen (secondary N) is 1. The molecule has 4 rings (SSSR count). The van der Waals surface area contributed by atoms with Crippen LogP contribution in [0, 0.1) is 5.92 Å². The Morgan fingerprint density at radius 1 is 1.13 bits per heavy atom. The van der Waals surface area contributed by atoms with Crippen LogP contribution in [-0.2, 0) is 36.6 Å². The average Bonchev–Trinajstić information content (AvgIpc) is 3.01. The molecule has 1 aromatic carbocycles. The summed E-state index contributed by atoms with van der Waals surface area (Å²) in [5, 5.41) is 3.00. The topological polar surface area (TPSA) is 89.2 Å². The summed E-state index contributed by atoms with van der Waals surface area (Å²) in [4.78, 5) is 43.2. The van der Waals surface area contributed by atoms with E-state index in [1.54, 1.807) is 34.3 Å². The van der Waals surface area contributed by atoms with Gasteiger partial charge in [-0.15, -0.1) is 0 Å². The molecule has 3 aromatic rings. The Morgan fingerprint density at radius 2 is 1.94 bits per heavy atom. The van der Waals surface area contributed by atoms with Gasteiger partial charge in [-0.1, -0.05) is 12.1 Å². The number of nitrogens with zero attached hydrogens (tertiary/aromatic N) is 4. The second kappa shape index (κ2) is 8.75. The van der Waals surface area contributed by atoms with Crippen LogP contribution in [0.1, 0.15) is 24.1 Å². The van der Waals surface area contributed by atoms with Crippen LogP contribution in [0.2, 0.25) is 0 Å². The monoisotopic (exact) mass is 421 g/mol. The highest BCUT2D eigenvalue weighted by Crippen LogP contribution is 2.19. The zero-order valence-electron chi connectivity index (χ0n) is 17.9. The minimum Gasteiger partial charge on any atom is -0.352 e. The number of rotatable bonds is 6. The van der Waals surface area contributed by atoms with E-state index < -0.39 is 0 Å². The fraction of sp³-hybridized carbons (Fsp3) is 0.391. The van der Waals surface area contributed by atoms with Crippen LogP contribution < -0.4 is 11.0 Å². The maximum absolute atomic E-state index is 12.8. The number of piperidine rings is 1. The van der Waals surface area contributed by atoms with Gasteiger partial charge in [-0.25, -0.2) is 4.79 Å². The van der Waals surface area contributed by atoms with Crippen molar-refractivity contribution in [3.05, 3.63) is 64.3 Å². The molecule has 2 amide bonds. The summed E-state index contributed by atoms with van der Waals surface area (Å²) in [6, 6.07) is 11.5. The number of likely N-dealkylation sites (tertiary alicyclic amines) is 1. The molecule has 1 unspecified atom stereocenters. The molecule has 1 aliphatic heterocycles. The third kappa shape index (κ3) is 4.38. The lowest BCUT2D eigenvalue weighted by Crippen LogP contribution is -2.46. The molecule has 0 spiro atoms. The Hall–Kier alpha value is -3.42. The molecule has 8 heteroatoms. The van der Waals surface area contributed by atoms with Crippen LogP contribution in [0.15, 0.2) is 47.4 Å². The molecule has 0 saturated carbocycles. The Morgan fingerprint density at radius 3 is 2.71 bits per heavy atom. The smallest absolute Gasteiger partial charge is 0.328 e. The number of fused-ring (bicyclic) bond motifs is 1. The summed E-state index contributed by atoms with van der Waals surface area (Å²) in [5.74, 6) is -0.168. The minimum absolute atomic E-state index is 0.0441. The molecule has 1 fully saturated rings. The predicted molar refractivity (Wildman–Crippen MR) is 117 cm³/mol. The minimum atomic E-state index is -0.216. The van der Waals surface area contributed by atoms with Crippen molar-refractivity contribution in [2.45, 2.75) is 25.8 Å². The molecule has 31 heavy (non-hydrogen) atoms. The normalized spacial score (nSPS) is 16.6. The summed E-state index contributed by atoms with van der Waals surface area (Å²) >= 11 is 0. The van der Waals surface area contributed by atoms with Gasteiger partial charge in [-0.2, -0.15) is 0 Å². The van der Waals surface area contributed by atoms with Crippen LogP contribution in [0.5, 0.6) is 0 Å². The highest BCUT2D eigenvalue weighted by molar-refractivity contribution is 5.84. The summed E-state index contributed by atoms with van der Waals surface area (Å²) in [6.07, 6.45) is 3.38. The summed E-state index contributed by atoms with van der Waals surface area (Å²) in [7, 11) is 3.49. The zero-order valence-corrected chi connectivity index (χ0v) is 17.9. The van der Waals surface area contributed by atoms with Gasteiger partial charge >= 0.3 is 5.69 Å². The quantitative estimate of drug-likeness (QED) is 0.651. The van der Waals surface area contributed by atoms with Crippen molar-refractivity contribution in [2.24, 2.45) is 20.0 Å². The van der Waals surface area contributed by atoms with Crippen molar-refractivity contribution in [1.82, 2.24) is 24.3 Å². The molecular formula is C23H27N5O3. The molecule has 0 bridgehead atoms. The van der Waals surface area contributed by atoms with Gasteiger partial charge < -0.3 is 10.2 Å². The van der Waals surface area contributed by atoms with Crippen molar-refractivity contribution in [3.8, 4) is 0 Å². The maximum Gasteiger partial charge on any atom is 0.328 e. The lowest BCUT2D eigenvalue weighted by molar-refractivity contribution is -0.138. The molecule has 2 aromatic heterocycles. The van der Waals surface area contributed by atoms with Crippen LogP contribution in [-0.4, -0.2) is 43.9 Å². The first-order valence-electron chi connectivity index (χ1n) is 10.5. The zero-order chi connectivity index (χ0) is 22.0. The van der Waals surface area contributed by atoms with E-state index in [2.05, 4.69) is 10.3 Å². The first-order valence-corrected chi connectivity index (χ1v) is 10.5. The third-order valence-corrected chi connectivity index (χ3v) is 6.04. The molecule has 0 aliphatic carbocycles. The van der Waals surface area contributed by atoms with E-state index in [9.17, 15) is 14.4 Å². The Bertz CT molecular complexity index is 1170. The molecule has 1 aliphatic rings. The van der Waals surface area contributed by atoms with Gasteiger partial charge in [0.25, 0.3) is 0 Å². The van der Waals surface area contributed by atoms with E-state index >= 15 is 0 Å². The Labute approximate surface area is 180 Å². The van der Waals surface area contributed by atoms with E-state index in [0.29, 0.717) is 38.9 Å². The number of carbonyl (C=O) groups is 2. The van der Waals surface area contributed by atoms with Crippen LogP contribution >= 0.6 is 0 Å². The van der Waals surface area contributed by atoms with Gasteiger partial charge in [0.2, 0.25) is 11.8 Å². The van der Waals surface area contributed by atoms with Gasteiger partial charge in [0.1, 0.15) is 0 Å². The predicted octanol–water partition coefficient (Wildman–Crippen LogP) is 1.37. The number of amides is 2. The summed E-state index contributed by atoms with van der Waals surface area (Å²) < 4.78 is 3.21. The number of hydrogen-bond donors (Lipinski definition) is 1. The van der Waals surface area contributed by atoms with Crippen molar-refractivity contribution in [1.29, 1.82) is 0 Å². The molecule has 0 radical (unpaired) electrons. The first-order chi connectivity index (χ1) is 14.9. The number of hydrogen-bond acceptors (Lipinski definition) is 4. The molecule has 162 valence electrons. The highest BCUT2D eigenvalue weighted by atomic mass is 16.2. The third-order valence-electron chi connectivity index (χ3n) is 6.04. The van der Waals surface area contributed by atoms with Crippen molar-refractivity contribution >= 4 is 22.8 Å². The van der Waals surface area contributed by atoms with Crippen molar-refractivity contribution in [2.75, 3.05) is 13.1 Å². The molecule has 3 heterocycles. The van der Waals surface area contributed by atoms with E-state index in [1.807, 2.05) is 36.4 Å². The second-order valence-corrected chi connectivity index (χ2v) is 8.09. The number of imidazole rings is 1. The van der Waals surface area contributed by atoms with Gasteiger partial charge in [0.15, 0.2) is 0 Å². The van der Waals surface area contributed by atoms with E-state index in [-0.39, 0.29) is 23.4 Å². The first kappa shape index (κ1) is 20.8. The van der Waals surface area contributed by atoms with Crippen LogP contribution in [0.25, 0.3) is 11.0 Å². The Kier molecular flexibility index (Phi) is 5.88. The van der Waals surface area contributed by atoms with Crippen molar-refractivity contribution in [3.63, 3.8) is 0 Å². The average molecular weight is 422 g/mol. The lowest BCUT2D eigenvalue weighted by Gasteiger charge is -2.32. The van der Waals surface area contributed by atoms with Crippen LogP contribution in [0.3, 0.4) is 0 Å². The van der Waals surface area contributed by atoms with Gasteiger partial charge in [0.05, 0.1) is 17.0 Å². The molecular weight excluding hydrogens is 394 g/mol. The number of pyridine rings is 1. The fourth-order valence-corrected chi connectivity index (χ4v) is 4.14. The van der Waals surface area contributed by atoms with E-state index in [0.717, 1.165) is 22.3 Å². The molecule has 8 nitrogen and oxygen atoms in total. The second-order valence-electron chi connectivity index (χ2n) is 8.09. The summed E-state index contributed by atoms with van der Waals surface area (Å²) in [5.41, 5.74) is 3.49. The number of aryl methyl sites for hydroxylation is 2. The standard InChI is InChI=1S/C23H27N5O3/c1-26-19-8-6-16(13-20(19)27(2)23(26)31)14-25-22(30)17-7-9-21(29)28(15-17)12-10-18-5-3-4-11-24-18/h3-6,8,11,13,17H,7,9-10,12,14-15H2,1-2H3,(H,25,30). The van der Waals surface area contributed by atoms with Crippen LogP contribution in [0.4, 0.5) is 0 Å². The SMILES string of the molecule is Cn1c(=O)n(C)c2cc(CNC(=O)C3CCC(=O)N(CCc4ccccn4)C3)ccc21.